The standard InChI is InChI=1S/C43H51F2N5O6S/c1-43(2)26-49(42(56)46-18-5-6-21-51)19-20-50(43)25-28-8-7-9-30(22-28)38(52)48-40-37(33-10-3-4-11-36(33)57-40)39(53)47-31-23-34(44)32(35(45)24-31)17-14-27-12-15-29(16-13-27)41(54)55/h7-9,12-13,15-16,22-24,38,48,51-52H,3-6,10-11,14,17-21,25-26H2,1-2H3,(H,46,56)(H,47,53)(H,54,55). The second kappa shape index (κ2) is 18.6. The van der Waals surface area contributed by atoms with Crippen molar-refractivity contribution in [2.75, 3.05) is 43.4 Å². The summed E-state index contributed by atoms with van der Waals surface area (Å²) < 4.78 is 30.6. The minimum Gasteiger partial charge on any atom is -0.478 e. The highest BCUT2D eigenvalue weighted by atomic mass is 32.1. The fourth-order valence-electron chi connectivity index (χ4n) is 7.59. The van der Waals surface area contributed by atoms with Crippen LogP contribution in [0.3, 0.4) is 0 Å². The molecule has 1 fully saturated rings. The Morgan fingerprint density at radius 1 is 0.930 bits per heavy atom. The SMILES string of the molecule is CC1(C)CN(C(=O)NCCCCO)CCN1Cc1cccc(C(O)Nc2sc3c(c2C(=O)Nc2cc(F)c(CCc4ccc(C(=O)O)cc4)c(F)c2)CCCC3)c1. The van der Waals surface area contributed by atoms with Gasteiger partial charge in [-0.3, -0.25) is 9.69 Å². The van der Waals surface area contributed by atoms with Crippen molar-refractivity contribution in [3.63, 3.8) is 0 Å². The van der Waals surface area contributed by atoms with Crippen molar-refractivity contribution in [1.29, 1.82) is 0 Å². The fourth-order valence-corrected chi connectivity index (χ4v) is 8.90. The molecule has 2 aliphatic rings. The lowest BCUT2D eigenvalue weighted by molar-refractivity contribution is 0.0297. The zero-order valence-corrected chi connectivity index (χ0v) is 33.2. The molecule has 1 aromatic heterocycles. The highest BCUT2D eigenvalue weighted by Gasteiger charge is 2.35. The van der Waals surface area contributed by atoms with Crippen molar-refractivity contribution in [3.05, 3.63) is 116 Å². The van der Waals surface area contributed by atoms with Crippen LogP contribution in [0.2, 0.25) is 0 Å². The van der Waals surface area contributed by atoms with Gasteiger partial charge >= 0.3 is 12.0 Å². The van der Waals surface area contributed by atoms with Gasteiger partial charge in [-0.2, -0.15) is 0 Å². The van der Waals surface area contributed by atoms with E-state index in [0.717, 1.165) is 59.4 Å². The van der Waals surface area contributed by atoms with Gasteiger partial charge in [-0.25, -0.2) is 18.4 Å². The summed E-state index contributed by atoms with van der Waals surface area (Å²) in [4.78, 5) is 43.0. The maximum absolute atomic E-state index is 15.3. The maximum atomic E-state index is 15.3. The van der Waals surface area contributed by atoms with Crippen LogP contribution < -0.4 is 16.0 Å². The summed E-state index contributed by atoms with van der Waals surface area (Å²) in [6, 6.07) is 15.9. The highest BCUT2D eigenvalue weighted by Crippen LogP contribution is 2.40. The molecule has 1 aliphatic heterocycles. The molecule has 6 N–H and O–H groups in total. The summed E-state index contributed by atoms with van der Waals surface area (Å²) >= 11 is 1.41. The molecule has 3 amide bonds. The number of aliphatic hydroxyl groups is 2. The molecule has 11 nitrogen and oxygen atoms in total. The van der Waals surface area contributed by atoms with Crippen LogP contribution in [-0.4, -0.2) is 81.4 Å². The number of aryl methyl sites for hydroxylation is 2. The number of halogens is 2. The number of carboxylic acids is 1. The molecule has 1 atom stereocenters. The summed E-state index contributed by atoms with van der Waals surface area (Å²) in [6.45, 7) is 7.23. The van der Waals surface area contributed by atoms with Gasteiger partial charge in [0.15, 0.2) is 6.23 Å². The number of amides is 3. The van der Waals surface area contributed by atoms with Crippen molar-refractivity contribution in [2.45, 2.75) is 83.5 Å². The number of piperazine rings is 1. The number of urea groups is 1. The Kier molecular flexibility index (Phi) is 13.6. The number of aromatic carboxylic acids is 1. The molecule has 1 saturated heterocycles. The Bertz CT molecular complexity index is 2050. The lowest BCUT2D eigenvalue weighted by Crippen LogP contribution is -2.61. The van der Waals surface area contributed by atoms with Crippen LogP contribution in [0.1, 0.15) is 99.2 Å². The molecule has 0 bridgehead atoms. The average molecular weight is 804 g/mol. The quantitative estimate of drug-likeness (QED) is 0.0549. The predicted octanol–water partition coefficient (Wildman–Crippen LogP) is 7.12. The third kappa shape index (κ3) is 10.4. The van der Waals surface area contributed by atoms with Gasteiger partial charge in [0.05, 0.1) is 11.1 Å². The van der Waals surface area contributed by atoms with E-state index in [2.05, 4.69) is 34.7 Å². The largest absolute Gasteiger partial charge is 0.478 e. The van der Waals surface area contributed by atoms with E-state index in [0.29, 0.717) is 68.1 Å². The van der Waals surface area contributed by atoms with Crippen LogP contribution >= 0.6 is 11.3 Å². The van der Waals surface area contributed by atoms with Gasteiger partial charge < -0.3 is 36.2 Å². The van der Waals surface area contributed by atoms with Crippen LogP contribution in [0.5, 0.6) is 0 Å². The van der Waals surface area contributed by atoms with Gasteiger partial charge in [-0.1, -0.05) is 36.4 Å². The second-order valence-electron chi connectivity index (χ2n) is 15.4. The Balaban J connectivity index is 1.11. The highest BCUT2D eigenvalue weighted by molar-refractivity contribution is 7.16. The Morgan fingerprint density at radius 2 is 1.67 bits per heavy atom. The Hall–Kier alpha value is -4.89. The number of carboxylic acid groups (broad SMARTS) is 1. The number of rotatable bonds is 15. The summed E-state index contributed by atoms with van der Waals surface area (Å²) in [6.07, 6.45) is 3.89. The van der Waals surface area contributed by atoms with Gasteiger partial charge in [0.25, 0.3) is 5.91 Å². The van der Waals surface area contributed by atoms with E-state index in [-0.39, 0.29) is 41.4 Å². The Morgan fingerprint density at radius 3 is 2.37 bits per heavy atom. The van der Waals surface area contributed by atoms with Crippen molar-refractivity contribution < 1.29 is 38.5 Å². The number of unbranched alkanes of at least 4 members (excludes halogenated alkanes) is 1. The van der Waals surface area contributed by atoms with E-state index < -0.39 is 29.7 Å². The number of fused-ring (bicyclic) bond motifs is 1. The molecule has 0 radical (unpaired) electrons. The van der Waals surface area contributed by atoms with E-state index in [1.54, 1.807) is 12.1 Å². The van der Waals surface area contributed by atoms with Crippen LogP contribution in [0, 0.1) is 11.6 Å². The number of hydrogen-bond donors (Lipinski definition) is 6. The minimum absolute atomic E-state index is 0.0260. The lowest BCUT2D eigenvalue weighted by Gasteiger charge is -2.47. The number of benzene rings is 3. The molecule has 3 aromatic carbocycles. The molecule has 2 heterocycles. The molecule has 1 unspecified atom stereocenters. The third-order valence-electron chi connectivity index (χ3n) is 10.8. The summed E-state index contributed by atoms with van der Waals surface area (Å²) in [5.41, 5.74) is 3.22. The molecule has 14 heteroatoms. The number of carbonyl (C=O) groups is 3. The number of hydrogen-bond acceptors (Lipinski definition) is 8. The van der Waals surface area contributed by atoms with Gasteiger partial charge in [-0.15, -0.1) is 11.3 Å². The topological polar surface area (TPSA) is 154 Å². The van der Waals surface area contributed by atoms with Crippen LogP contribution in [0.15, 0.2) is 60.7 Å². The number of nitrogens with zero attached hydrogens (tertiary/aromatic N) is 2. The second-order valence-corrected chi connectivity index (χ2v) is 16.5. The van der Waals surface area contributed by atoms with Crippen LogP contribution in [0.25, 0.3) is 0 Å². The number of aliphatic hydroxyl groups excluding tert-OH is 2. The molecule has 0 saturated carbocycles. The maximum Gasteiger partial charge on any atom is 0.335 e. The number of anilines is 2. The fraction of sp³-hybridized carbons (Fsp3) is 0.419. The predicted molar refractivity (Wildman–Crippen MR) is 217 cm³/mol. The summed E-state index contributed by atoms with van der Waals surface area (Å²) in [7, 11) is 0. The zero-order valence-electron chi connectivity index (χ0n) is 32.4. The van der Waals surface area contributed by atoms with Crippen molar-refractivity contribution in [1.82, 2.24) is 15.1 Å². The van der Waals surface area contributed by atoms with E-state index in [4.69, 9.17) is 10.2 Å². The zero-order chi connectivity index (χ0) is 40.7. The van der Waals surface area contributed by atoms with E-state index in [1.165, 1.54) is 23.5 Å². The first-order valence-corrected chi connectivity index (χ1v) is 20.3. The summed E-state index contributed by atoms with van der Waals surface area (Å²) in [5.74, 6) is -3.17. The van der Waals surface area contributed by atoms with Crippen molar-refractivity contribution in [3.8, 4) is 0 Å². The van der Waals surface area contributed by atoms with Gasteiger partial charge in [0, 0.05) is 66.6 Å². The molecule has 0 spiro atoms. The van der Waals surface area contributed by atoms with Gasteiger partial charge in [0.2, 0.25) is 0 Å². The van der Waals surface area contributed by atoms with E-state index in [9.17, 15) is 19.5 Å². The molecule has 304 valence electrons. The Labute approximate surface area is 335 Å². The monoisotopic (exact) mass is 803 g/mol. The van der Waals surface area contributed by atoms with Gasteiger partial charge in [-0.05, 0) is 106 Å². The van der Waals surface area contributed by atoms with E-state index >= 15 is 8.78 Å². The first-order chi connectivity index (χ1) is 27.3. The minimum atomic E-state index is -1.15. The summed E-state index contributed by atoms with van der Waals surface area (Å²) in [5, 5.41) is 38.9. The van der Waals surface area contributed by atoms with Crippen LogP contribution in [-0.2, 0) is 32.2 Å². The van der Waals surface area contributed by atoms with E-state index in [1.807, 2.05) is 29.2 Å². The number of thiophene rings is 1. The van der Waals surface area contributed by atoms with Crippen molar-refractivity contribution in [2.24, 2.45) is 0 Å². The molecule has 4 aromatic rings. The van der Waals surface area contributed by atoms with Crippen LogP contribution in [0.4, 0.5) is 24.3 Å². The normalized spacial score (nSPS) is 15.8. The van der Waals surface area contributed by atoms with Crippen molar-refractivity contribution >= 4 is 39.9 Å². The average Bonchev–Trinajstić information content (AvgIpc) is 3.55. The molecular weight excluding hydrogens is 753 g/mol. The number of carbonyl (C=O) groups excluding carboxylic acids is 2. The molecular formula is C43H51F2N5O6S. The molecule has 6 rings (SSSR count). The lowest BCUT2D eigenvalue weighted by atomic mass is 9.95. The molecule has 57 heavy (non-hydrogen) atoms. The molecule has 1 aliphatic carbocycles. The first kappa shape index (κ1) is 41.7. The van der Waals surface area contributed by atoms with Gasteiger partial charge in [0.1, 0.15) is 16.6 Å². The number of nitrogens with one attached hydrogen (secondary N) is 3. The first-order valence-electron chi connectivity index (χ1n) is 19.5. The third-order valence-corrected chi connectivity index (χ3v) is 12.0. The smallest absolute Gasteiger partial charge is 0.335 e.